The van der Waals surface area contributed by atoms with Crippen LogP contribution in [0.3, 0.4) is 0 Å². The normalized spacial score (nSPS) is 13.7. The van der Waals surface area contributed by atoms with Gasteiger partial charge in [-0.15, -0.1) is 0 Å². The van der Waals surface area contributed by atoms with E-state index in [4.69, 9.17) is 4.74 Å². The van der Waals surface area contributed by atoms with Crippen LogP contribution in [0.2, 0.25) is 0 Å². The Labute approximate surface area is 88.9 Å². The SMILES string of the molecule is C=CC(=O)OC1=CCCc2ccccc21. The molecule has 1 aliphatic rings. The summed E-state index contributed by atoms with van der Waals surface area (Å²) in [7, 11) is 0. The molecule has 0 aromatic heterocycles. The van der Waals surface area contributed by atoms with E-state index in [0.29, 0.717) is 5.76 Å². The lowest BCUT2D eigenvalue weighted by atomic mass is 9.96. The average Bonchev–Trinajstić information content (AvgIpc) is 2.29. The summed E-state index contributed by atoms with van der Waals surface area (Å²) < 4.78 is 5.17. The van der Waals surface area contributed by atoms with Gasteiger partial charge in [-0.2, -0.15) is 0 Å². The van der Waals surface area contributed by atoms with E-state index >= 15 is 0 Å². The number of fused-ring (bicyclic) bond motifs is 1. The second-order valence-electron chi connectivity index (χ2n) is 3.39. The zero-order valence-electron chi connectivity index (χ0n) is 8.40. The molecular formula is C13H12O2. The molecule has 0 radical (unpaired) electrons. The zero-order valence-corrected chi connectivity index (χ0v) is 8.40. The highest BCUT2D eigenvalue weighted by atomic mass is 16.5. The van der Waals surface area contributed by atoms with Crippen LogP contribution in [0.25, 0.3) is 5.76 Å². The van der Waals surface area contributed by atoms with Gasteiger partial charge in [0.15, 0.2) is 0 Å². The maximum Gasteiger partial charge on any atom is 0.335 e. The van der Waals surface area contributed by atoms with Crippen LogP contribution in [0.15, 0.2) is 43.0 Å². The third-order valence-corrected chi connectivity index (χ3v) is 2.40. The van der Waals surface area contributed by atoms with E-state index in [-0.39, 0.29) is 0 Å². The topological polar surface area (TPSA) is 26.3 Å². The van der Waals surface area contributed by atoms with Crippen LogP contribution in [0.5, 0.6) is 0 Å². The van der Waals surface area contributed by atoms with Gasteiger partial charge < -0.3 is 4.74 Å². The molecule has 0 amide bonds. The molecular weight excluding hydrogens is 188 g/mol. The van der Waals surface area contributed by atoms with Crippen molar-refractivity contribution < 1.29 is 9.53 Å². The van der Waals surface area contributed by atoms with Crippen LogP contribution >= 0.6 is 0 Å². The minimum atomic E-state index is -0.405. The van der Waals surface area contributed by atoms with Crippen molar-refractivity contribution in [2.75, 3.05) is 0 Å². The molecule has 15 heavy (non-hydrogen) atoms. The van der Waals surface area contributed by atoms with Crippen molar-refractivity contribution in [3.63, 3.8) is 0 Å². The Morgan fingerprint density at radius 2 is 2.20 bits per heavy atom. The smallest absolute Gasteiger partial charge is 0.335 e. The van der Waals surface area contributed by atoms with E-state index in [1.165, 1.54) is 11.6 Å². The molecule has 0 N–H and O–H groups in total. The summed E-state index contributed by atoms with van der Waals surface area (Å²) >= 11 is 0. The van der Waals surface area contributed by atoms with Gasteiger partial charge in [-0.25, -0.2) is 4.79 Å². The summed E-state index contributed by atoms with van der Waals surface area (Å²) in [5.74, 6) is 0.250. The van der Waals surface area contributed by atoms with Crippen LogP contribution in [-0.4, -0.2) is 5.97 Å². The van der Waals surface area contributed by atoms with Crippen LogP contribution < -0.4 is 0 Å². The molecule has 1 aromatic rings. The molecule has 0 heterocycles. The highest BCUT2D eigenvalue weighted by Crippen LogP contribution is 2.26. The number of hydrogen-bond donors (Lipinski definition) is 0. The summed E-state index contributed by atoms with van der Waals surface area (Å²) in [6.45, 7) is 3.38. The number of rotatable bonds is 2. The summed E-state index contributed by atoms with van der Waals surface area (Å²) in [6, 6.07) is 7.97. The molecule has 1 aromatic carbocycles. The number of allylic oxidation sites excluding steroid dienone is 1. The lowest BCUT2D eigenvalue weighted by Gasteiger charge is -2.16. The Kier molecular flexibility index (Phi) is 2.68. The van der Waals surface area contributed by atoms with E-state index in [9.17, 15) is 4.79 Å². The molecule has 0 spiro atoms. The van der Waals surface area contributed by atoms with Crippen molar-refractivity contribution in [2.45, 2.75) is 12.8 Å². The summed E-state index contributed by atoms with van der Waals surface area (Å²) in [6.07, 6.45) is 5.05. The van der Waals surface area contributed by atoms with Crippen molar-refractivity contribution in [3.8, 4) is 0 Å². The fourth-order valence-electron chi connectivity index (χ4n) is 1.69. The number of carbonyl (C=O) groups excluding carboxylic acids is 1. The molecule has 0 saturated carbocycles. The van der Waals surface area contributed by atoms with Crippen molar-refractivity contribution in [1.29, 1.82) is 0 Å². The van der Waals surface area contributed by atoms with Crippen LogP contribution in [0.1, 0.15) is 17.5 Å². The molecule has 2 heteroatoms. The van der Waals surface area contributed by atoms with E-state index in [0.717, 1.165) is 18.4 Å². The van der Waals surface area contributed by atoms with Gasteiger partial charge in [0, 0.05) is 11.6 Å². The fourth-order valence-corrected chi connectivity index (χ4v) is 1.69. The van der Waals surface area contributed by atoms with Gasteiger partial charge in [0.1, 0.15) is 5.76 Å². The van der Waals surface area contributed by atoms with Gasteiger partial charge in [-0.1, -0.05) is 30.8 Å². The maximum absolute atomic E-state index is 11.1. The predicted octanol–water partition coefficient (Wildman–Crippen LogP) is 2.70. The van der Waals surface area contributed by atoms with Crippen LogP contribution in [0, 0.1) is 0 Å². The molecule has 0 bridgehead atoms. The zero-order chi connectivity index (χ0) is 10.7. The Balaban J connectivity index is 2.30. The van der Waals surface area contributed by atoms with Gasteiger partial charge in [-0.3, -0.25) is 0 Å². The monoisotopic (exact) mass is 200 g/mol. The fraction of sp³-hybridized carbons (Fsp3) is 0.154. The van der Waals surface area contributed by atoms with Gasteiger partial charge >= 0.3 is 5.97 Å². The van der Waals surface area contributed by atoms with E-state index in [1.54, 1.807) is 0 Å². The Hall–Kier alpha value is -1.83. The first-order chi connectivity index (χ1) is 7.31. The third-order valence-electron chi connectivity index (χ3n) is 2.40. The van der Waals surface area contributed by atoms with Gasteiger partial charge in [0.05, 0.1) is 0 Å². The van der Waals surface area contributed by atoms with Crippen molar-refractivity contribution >= 4 is 11.7 Å². The van der Waals surface area contributed by atoms with Crippen molar-refractivity contribution in [3.05, 3.63) is 54.1 Å². The summed E-state index contributed by atoms with van der Waals surface area (Å²) in [5, 5.41) is 0. The predicted molar refractivity (Wildman–Crippen MR) is 59.0 cm³/mol. The number of esters is 1. The molecule has 0 unspecified atom stereocenters. The minimum Gasteiger partial charge on any atom is -0.423 e. The van der Waals surface area contributed by atoms with Crippen molar-refractivity contribution in [1.82, 2.24) is 0 Å². The molecule has 76 valence electrons. The molecule has 1 aliphatic carbocycles. The Morgan fingerprint density at radius 1 is 1.40 bits per heavy atom. The van der Waals surface area contributed by atoms with Crippen LogP contribution in [-0.2, 0) is 16.0 Å². The molecule has 0 aliphatic heterocycles. The highest BCUT2D eigenvalue weighted by molar-refractivity contribution is 5.87. The minimum absolute atomic E-state index is 0.405. The first-order valence-corrected chi connectivity index (χ1v) is 4.94. The number of benzene rings is 1. The van der Waals surface area contributed by atoms with E-state index in [2.05, 4.69) is 12.6 Å². The Morgan fingerprint density at radius 3 is 3.00 bits per heavy atom. The second kappa shape index (κ2) is 4.13. The lowest BCUT2D eigenvalue weighted by Crippen LogP contribution is -2.05. The van der Waals surface area contributed by atoms with Gasteiger partial charge in [-0.05, 0) is 24.5 Å². The lowest BCUT2D eigenvalue weighted by molar-refractivity contribution is -0.131. The number of ether oxygens (including phenoxy) is 1. The number of aryl methyl sites for hydroxylation is 1. The molecule has 0 fully saturated rings. The summed E-state index contributed by atoms with van der Waals surface area (Å²) in [4.78, 5) is 11.1. The largest absolute Gasteiger partial charge is 0.423 e. The van der Waals surface area contributed by atoms with Gasteiger partial charge in [0.25, 0.3) is 0 Å². The highest BCUT2D eigenvalue weighted by Gasteiger charge is 2.14. The standard InChI is InChI=1S/C13H12O2/c1-2-13(14)15-12-9-5-7-10-6-3-4-8-11(10)12/h2-4,6,8-9H,1,5,7H2. The van der Waals surface area contributed by atoms with Crippen LogP contribution in [0.4, 0.5) is 0 Å². The maximum atomic E-state index is 11.1. The summed E-state index contributed by atoms with van der Waals surface area (Å²) in [5.41, 5.74) is 2.24. The average molecular weight is 200 g/mol. The number of hydrogen-bond acceptors (Lipinski definition) is 2. The van der Waals surface area contributed by atoms with E-state index < -0.39 is 5.97 Å². The molecule has 2 nitrogen and oxygen atoms in total. The number of carbonyl (C=O) groups is 1. The van der Waals surface area contributed by atoms with E-state index in [1.807, 2.05) is 24.3 Å². The molecule has 0 atom stereocenters. The third kappa shape index (κ3) is 1.99. The first kappa shape index (κ1) is 9.71. The first-order valence-electron chi connectivity index (χ1n) is 4.94. The van der Waals surface area contributed by atoms with Gasteiger partial charge in [0.2, 0.25) is 0 Å². The quantitative estimate of drug-likeness (QED) is 0.542. The Bertz CT molecular complexity index is 430. The molecule has 0 saturated heterocycles. The van der Waals surface area contributed by atoms with Crippen molar-refractivity contribution in [2.24, 2.45) is 0 Å². The molecule has 2 rings (SSSR count). The second-order valence-corrected chi connectivity index (χ2v) is 3.39.